The average Bonchev–Trinajstić information content (AvgIpc) is 2.61. The van der Waals surface area contributed by atoms with Crippen molar-refractivity contribution in [3.63, 3.8) is 0 Å². The van der Waals surface area contributed by atoms with Gasteiger partial charge in [0.25, 0.3) is 0 Å². The topological polar surface area (TPSA) is 117 Å². The Morgan fingerprint density at radius 2 is 2.23 bits per heavy atom. The molecule has 1 fully saturated rings. The molecule has 0 aliphatic heterocycles. The largest absolute Gasteiger partial charge is 0.480 e. The summed E-state index contributed by atoms with van der Waals surface area (Å²) < 4.78 is 19.3. The Hall–Kier alpha value is -2.52. The number of nitrogens with one attached hydrogen (secondary N) is 2. The van der Waals surface area contributed by atoms with Crippen LogP contribution in [0.25, 0.3) is 11.0 Å². The van der Waals surface area contributed by atoms with E-state index >= 15 is 0 Å². The lowest BCUT2D eigenvalue weighted by Gasteiger charge is -2.33. The van der Waals surface area contributed by atoms with E-state index in [1.165, 1.54) is 19.4 Å². The summed E-state index contributed by atoms with van der Waals surface area (Å²) in [6.45, 7) is 0.183. The van der Waals surface area contributed by atoms with E-state index in [4.69, 9.17) is 9.84 Å². The molecule has 0 unspecified atom stereocenters. The van der Waals surface area contributed by atoms with Gasteiger partial charge in [-0.05, 0) is 31.4 Å². The molecule has 3 atom stereocenters. The molecule has 4 N–H and O–H groups in total. The summed E-state index contributed by atoms with van der Waals surface area (Å²) >= 11 is 0. The molecule has 1 aliphatic rings. The van der Waals surface area contributed by atoms with Gasteiger partial charge in [0.1, 0.15) is 5.82 Å². The van der Waals surface area contributed by atoms with Crippen LogP contribution in [-0.2, 0) is 6.54 Å². The van der Waals surface area contributed by atoms with E-state index in [0.717, 1.165) is 0 Å². The molecule has 0 saturated heterocycles. The molecular weight excluding hydrogens is 343 g/mol. The van der Waals surface area contributed by atoms with Gasteiger partial charge in [0.05, 0.1) is 30.4 Å². The fourth-order valence-electron chi connectivity index (χ4n) is 3.29. The number of hydrogen-bond acceptors (Lipinski definition) is 6. The van der Waals surface area contributed by atoms with Crippen molar-refractivity contribution in [2.24, 2.45) is 0 Å². The van der Waals surface area contributed by atoms with E-state index in [2.05, 4.69) is 20.6 Å². The number of hydrogen-bond donors (Lipinski definition) is 4. The van der Waals surface area contributed by atoms with Crippen molar-refractivity contribution in [1.82, 2.24) is 20.6 Å². The predicted molar refractivity (Wildman–Crippen MR) is 91.5 cm³/mol. The third-order valence-corrected chi connectivity index (χ3v) is 4.63. The van der Waals surface area contributed by atoms with E-state index in [1.807, 2.05) is 0 Å². The molecule has 1 aromatic heterocycles. The maximum absolute atomic E-state index is 14.3. The maximum Gasteiger partial charge on any atom is 0.404 e. The number of nitrogens with zero attached hydrogens (tertiary/aromatic N) is 2. The van der Waals surface area contributed by atoms with Gasteiger partial charge in [-0.15, -0.1) is 0 Å². The minimum Gasteiger partial charge on any atom is -0.480 e. The highest BCUT2D eigenvalue weighted by Crippen LogP contribution is 2.23. The summed E-state index contributed by atoms with van der Waals surface area (Å²) in [4.78, 5) is 19.2. The lowest BCUT2D eigenvalue weighted by Crippen LogP contribution is -2.49. The van der Waals surface area contributed by atoms with Gasteiger partial charge < -0.3 is 25.6 Å². The number of carbonyl (C=O) groups is 1. The Balaban J connectivity index is 1.70. The third kappa shape index (κ3) is 4.00. The van der Waals surface area contributed by atoms with Gasteiger partial charge in [-0.2, -0.15) is 0 Å². The van der Waals surface area contributed by atoms with Crippen LogP contribution >= 0.6 is 0 Å². The minimum absolute atomic E-state index is 0.183. The van der Waals surface area contributed by atoms with Crippen molar-refractivity contribution < 1.29 is 24.1 Å². The van der Waals surface area contributed by atoms with E-state index in [1.54, 1.807) is 6.07 Å². The van der Waals surface area contributed by atoms with Crippen LogP contribution < -0.4 is 15.4 Å². The SMILES string of the molecule is COc1cnc2c(CN[C@H]3CC[C@H](NC(=O)O)C[C@H]3O)c(F)ccc2n1. The lowest BCUT2D eigenvalue weighted by molar-refractivity contribution is 0.0740. The molecule has 0 bridgehead atoms. The highest BCUT2D eigenvalue weighted by atomic mass is 19.1. The van der Waals surface area contributed by atoms with Crippen molar-refractivity contribution in [1.29, 1.82) is 0 Å². The summed E-state index contributed by atoms with van der Waals surface area (Å²) in [5, 5.41) is 24.6. The molecule has 1 aromatic carbocycles. The summed E-state index contributed by atoms with van der Waals surface area (Å²) in [7, 11) is 1.48. The first-order chi connectivity index (χ1) is 12.5. The third-order valence-electron chi connectivity index (χ3n) is 4.63. The zero-order valence-electron chi connectivity index (χ0n) is 14.3. The summed E-state index contributed by atoms with van der Waals surface area (Å²) in [6, 6.07) is 2.36. The second-order valence-corrected chi connectivity index (χ2v) is 6.32. The van der Waals surface area contributed by atoms with Crippen LogP contribution in [0.3, 0.4) is 0 Å². The number of aliphatic hydroxyl groups excluding tert-OH is 1. The number of ether oxygens (including phenoxy) is 1. The fraction of sp³-hybridized carbons (Fsp3) is 0.471. The molecule has 0 radical (unpaired) electrons. The number of fused-ring (bicyclic) bond motifs is 1. The first-order valence-electron chi connectivity index (χ1n) is 8.37. The maximum atomic E-state index is 14.3. The van der Waals surface area contributed by atoms with E-state index in [0.29, 0.717) is 41.7 Å². The molecule has 2 aromatic rings. The van der Waals surface area contributed by atoms with Crippen molar-refractivity contribution in [2.75, 3.05) is 7.11 Å². The smallest absolute Gasteiger partial charge is 0.404 e. The Morgan fingerprint density at radius 1 is 1.42 bits per heavy atom. The minimum atomic E-state index is -1.10. The predicted octanol–water partition coefficient (Wildman–Crippen LogP) is 1.42. The molecule has 140 valence electrons. The Bertz CT molecular complexity index is 804. The van der Waals surface area contributed by atoms with Gasteiger partial charge >= 0.3 is 6.09 Å². The summed E-state index contributed by atoms with van der Waals surface area (Å²) in [5.41, 5.74) is 1.34. The number of carboxylic acid groups (broad SMARTS) is 1. The van der Waals surface area contributed by atoms with Crippen LogP contribution in [0.15, 0.2) is 18.3 Å². The van der Waals surface area contributed by atoms with Gasteiger partial charge in [-0.3, -0.25) is 0 Å². The number of aromatic nitrogens is 2. The van der Waals surface area contributed by atoms with Gasteiger partial charge in [-0.1, -0.05) is 0 Å². The van der Waals surface area contributed by atoms with Crippen molar-refractivity contribution >= 4 is 17.1 Å². The molecule has 1 amide bonds. The number of methoxy groups -OCH3 is 1. The first-order valence-corrected chi connectivity index (χ1v) is 8.37. The molecule has 3 rings (SSSR count). The standard InChI is InChI=1S/C17H21FN4O4/c1-26-15-8-20-16-10(11(18)3-5-13(16)22-15)7-19-12-4-2-9(6-14(12)23)21-17(24)25/h3,5,8-9,12,14,19,21,23H,2,4,6-7H2,1H3,(H,24,25)/t9-,12-,14+/m0/s1. The van der Waals surface area contributed by atoms with Crippen LogP contribution in [0.4, 0.5) is 9.18 Å². The number of rotatable bonds is 5. The normalized spacial score (nSPS) is 23.0. The van der Waals surface area contributed by atoms with Crippen molar-refractivity contribution in [3.8, 4) is 5.88 Å². The van der Waals surface area contributed by atoms with Crippen LogP contribution in [0.2, 0.25) is 0 Å². The molecule has 8 nitrogen and oxygen atoms in total. The Labute approximate surface area is 149 Å². The van der Waals surface area contributed by atoms with E-state index in [9.17, 15) is 14.3 Å². The number of aliphatic hydroxyl groups is 1. The van der Waals surface area contributed by atoms with Gasteiger partial charge in [0.15, 0.2) is 0 Å². The van der Waals surface area contributed by atoms with Gasteiger partial charge in [-0.25, -0.2) is 19.2 Å². The second kappa shape index (κ2) is 7.79. The number of benzene rings is 1. The Kier molecular flexibility index (Phi) is 5.48. The highest BCUT2D eigenvalue weighted by Gasteiger charge is 2.29. The summed E-state index contributed by atoms with van der Waals surface area (Å²) in [5.74, 6) is -0.0529. The second-order valence-electron chi connectivity index (χ2n) is 6.32. The molecule has 1 aliphatic carbocycles. The van der Waals surface area contributed by atoms with Gasteiger partial charge in [0.2, 0.25) is 5.88 Å². The zero-order chi connectivity index (χ0) is 18.7. The van der Waals surface area contributed by atoms with Crippen LogP contribution in [-0.4, -0.2) is 51.6 Å². The zero-order valence-corrected chi connectivity index (χ0v) is 14.3. The monoisotopic (exact) mass is 364 g/mol. The molecule has 1 saturated carbocycles. The average molecular weight is 364 g/mol. The van der Waals surface area contributed by atoms with Crippen molar-refractivity contribution in [3.05, 3.63) is 29.7 Å². The molecule has 0 spiro atoms. The molecule has 1 heterocycles. The van der Waals surface area contributed by atoms with Crippen LogP contribution in [0.5, 0.6) is 5.88 Å². The number of amides is 1. The highest BCUT2D eigenvalue weighted by molar-refractivity contribution is 5.78. The fourth-order valence-corrected chi connectivity index (χ4v) is 3.29. The van der Waals surface area contributed by atoms with Gasteiger partial charge in [0, 0.05) is 24.2 Å². The Morgan fingerprint density at radius 3 is 2.92 bits per heavy atom. The quantitative estimate of drug-likeness (QED) is 0.634. The van der Waals surface area contributed by atoms with Crippen molar-refractivity contribution in [2.45, 2.75) is 44.0 Å². The molecule has 9 heteroatoms. The molecular formula is C17H21FN4O4. The van der Waals surface area contributed by atoms with Crippen LogP contribution in [0.1, 0.15) is 24.8 Å². The van der Waals surface area contributed by atoms with E-state index in [-0.39, 0.29) is 18.6 Å². The van der Waals surface area contributed by atoms with E-state index < -0.39 is 18.0 Å². The summed E-state index contributed by atoms with van der Waals surface area (Å²) in [6.07, 6.45) is 1.13. The number of halogens is 1. The first kappa shape index (κ1) is 18.3. The molecule has 26 heavy (non-hydrogen) atoms. The lowest BCUT2D eigenvalue weighted by atomic mass is 9.88. The van der Waals surface area contributed by atoms with Crippen LogP contribution in [0, 0.1) is 5.82 Å².